The van der Waals surface area contributed by atoms with Crippen molar-refractivity contribution in [3.63, 3.8) is 0 Å². The van der Waals surface area contributed by atoms with Crippen molar-refractivity contribution in [1.82, 2.24) is 4.90 Å². The van der Waals surface area contributed by atoms with Gasteiger partial charge in [-0.05, 0) is 107 Å². The lowest BCUT2D eigenvalue weighted by molar-refractivity contribution is -0.265. The number of aliphatic hydroxyl groups excluding tert-OH is 1. The fraction of sp³-hybridized carbons (Fsp3) is 0.755. The van der Waals surface area contributed by atoms with Crippen LogP contribution in [0.25, 0.3) is 0 Å². The molecule has 1 saturated carbocycles. The zero-order chi connectivity index (χ0) is 52.1. The molecule has 0 aromatic heterocycles. The van der Waals surface area contributed by atoms with Crippen molar-refractivity contribution in [2.75, 3.05) is 41.0 Å². The van der Waals surface area contributed by atoms with E-state index in [1.807, 2.05) is 51.2 Å². The van der Waals surface area contributed by atoms with E-state index >= 15 is 0 Å². The Hall–Kier alpha value is -3.41. The van der Waals surface area contributed by atoms with Gasteiger partial charge in [-0.3, -0.25) is 19.2 Å². The highest BCUT2D eigenvalue weighted by Crippen LogP contribution is 2.38. The topological polar surface area (TPSA) is 205 Å². The van der Waals surface area contributed by atoms with Crippen LogP contribution in [0.4, 0.5) is 0 Å². The van der Waals surface area contributed by atoms with Crippen LogP contribution in [0.3, 0.4) is 0 Å². The smallest absolute Gasteiger partial charge is 0.329 e. The molecule has 15 heteroatoms. The lowest BCUT2D eigenvalue weighted by Gasteiger charge is -2.42. The molecule has 4 rings (SSSR count). The minimum absolute atomic E-state index is 0.00121. The number of ether oxygens (including phenoxy) is 6. The number of cyclic esters (lactones) is 1. The van der Waals surface area contributed by atoms with Crippen molar-refractivity contribution >= 4 is 29.2 Å². The first-order valence-electron chi connectivity index (χ1n) is 25.8. The van der Waals surface area contributed by atoms with Gasteiger partial charge in [-0.2, -0.15) is 0 Å². The van der Waals surface area contributed by atoms with E-state index in [2.05, 4.69) is 0 Å². The first-order valence-corrected chi connectivity index (χ1v) is 24.8. The van der Waals surface area contributed by atoms with Crippen molar-refractivity contribution in [3.8, 4) is 0 Å². The molecule has 1 amide bonds. The Morgan fingerprint density at radius 1 is 0.882 bits per heavy atom. The summed E-state index contributed by atoms with van der Waals surface area (Å²) in [5.74, 6) is -8.39. The first kappa shape index (κ1) is 53.9. The Morgan fingerprint density at radius 3 is 2.29 bits per heavy atom. The number of piperidine rings is 1. The Bertz CT molecular complexity index is 1900. The van der Waals surface area contributed by atoms with Gasteiger partial charge in [-0.1, -0.05) is 71.1 Å². The Balaban J connectivity index is 1.69. The van der Waals surface area contributed by atoms with Crippen molar-refractivity contribution in [2.24, 2.45) is 35.5 Å². The second kappa shape index (κ2) is 27.3. The third kappa shape index (κ3) is 15.3. The summed E-state index contributed by atoms with van der Waals surface area (Å²) in [5, 5.41) is 33.1. The second-order valence-electron chi connectivity index (χ2n) is 20.0. The quantitative estimate of drug-likeness (QED) is 0.134. The fourth-order valence-corrected chi connectivity index (χ4v) is 10.4. The first-order chi connectivity index (χ1) is 32.9. The second-order valence-corrected chi connectivity index (χ2v) is 20.0. The Labute approximate surface area is 407 Å². The van der Waals surface area contributed by atoms with Crippen LogP contribution >= 0.6 is 0 Å². The van der Waals surface area contributed by atoms with Crippen molar-refractivity contribution in [1.29, 1.82) is 0 Å². The number of nitrogens with zero attached hydrogens (tertiary/aromatic N) is 1. The molecule has 3 N–H and O–H groups in total. The van der Waals surface area contributed by atoms with Crippen LogP contribution in [0.5, 0.6) is 0 Å². The average molecular weight is 962 g/mol. The van der Waals surface area contributed by atoms with E-state index in [0.29, 0.717) is 69.8 Å². The van der Waals surface area contributed by atoms with Crippen LogP contribution in [0, 0.1) is 35.5 Å². The van der Waals surface area contributed by atoms with E-state index in [1.54, 1.807) is 40.9 Å². The van der Waals surface area contributed by atoms with Crippen LogP contribution < -0.4 is 0 Å². The summed E-state index contributed by atoms with van der Waals surface area (Å²) in [7, 11) is 4.47. The van der Waals surface area contributed by atoms with Gasteiger partial charge in [0, 0.05) is 58.5 Å². The number of carbonyl (C=O) groups is 5. The van der Waals surface area contributed by atoms with Gasteiger partial charge in [-0.25, -0.2) is 4.79 Å². The lowest BCUT2D eigenvalue weighted by Crippen LogP contribution is -2.61. The Kier molecular flexibility index (Phi) is 21.6. The predicted molar refractivity (Wildman–Crippen MR) is 256 cm³/mol. The van der Waals surface area contributed by atoms with E-state index in [1.165, 1.54) is 19.1 Å². The SMILES string of the molecule is [3H]C([3H])(O)CO[C@@H]1CC[C@@H](C[C@@H](C)[C@@H]2CC(=O)[C@H](C)/C=C(\C)[C@@H](O)[C@@H](OC)C(=O)[C@H](C)C[C@H](C)\C=C/C=C/C=C(\C)[C@@H](OC)C[C@@H]3CC[C@@H](C)[C@@](O)(O3)C(=O)C(=O)N3CCCC[C@H]3C(=O)O2)C[C@H]1OC. The number of aliphatic hydroxyl groups is 3. The van der Waals surface area contributed by atoms with Crippen molar-refractivity contribution < 1.29 is 70.5 Å². The number of esters is 1. The molecule has 0 aromatic carbocycles. The molecule has 15 atom stereocenters. The molecule has 68 heavy (non-hydrogen) atoms. The fourth-order valence-electron chi connectivity index (χ4n) is 10.4. The third-order valence-electron chi connectivity index (χ3n) is 14.8. The largest absolute Gasteiger partial charge is 0.460 e. The summed E-state index contributed by atoms with van der Waals surface area (Å²) < 4.78 is 50.3. The normalized spacial score (nSPS) is 39.8. The summed E-state index contributed by atoms with van der Waals surface area (Å²) in [6, 6.07) is -1.18. The van der Waals surface area contributed by atoms with Gasteiger partial charge < -0.3 is 48.6 Å². The molecule has 1 aliphatic carbocycles. The molecule has 2 bridgehead atoms. The van der Waals surface area contributed by atoms with Gasteiger partial charge in [0.05, 0.1) is 40.3 Å². The predicted octanol–water partition coefficient (Wildman–Crippen LogP) is 6.20. The maximum atomic E-state index is 14.5. The van der Waals surface area contributed by atoms with Gasteiger partial charge in [-0.15, -0.1) is 0 Å². The monoisotopic (exact) mass is 962 g/mol. The van der Waals surface area contributed by atoms with E-state index in [-0.39, 0.29) is 42.8 Å². The van der Waals surface area contributed by atoms with Gasteiger partial charge in [0.15, 0.2) is 5.78 Å². The van der Waals surface area contributed by atoms with E-state index < -0.39 is 109 Å². The van der Waals surface area contributed by atoms with Crippen molar-refractivity contribution in [2.45, 2.75) is 180 Å². The standard InChI is InChI=1S/C53H83NO14/c1-32-16-12-11-13-17-33(2)44(63-8)30-40-21-19-38(7)53(62,68-40)50(59)51(60)54-23-15-14-18-41(54)52(61)67-45(35(4)28-39-20-22-43(66-25-24-55)46(29-39)64-9)31-42(56)34(3)27-37(6)48(58)49(65-10)47(57)36(5)26-32/h11-13,16-17,27,32,34-36,38-41,43-46,48-49,55,58,62H,14-15,18-26,28-31H2,1-10H3/b13-11+,16-12-,33-17+,37-27+/t32-,34-,35-,36-,38-,39+,40+,41+,43-,44+,45+,46-,48-,49+,53-/m1/s1/i24T2. The maximum absolute atomic E-state index is 14.5. The summed E-state index contributed by atoms with van der Waals surface area (Å²) in [6.45, 7) is 9.59. The molecular weight excluding hydrogens is 875 g/mol. The zero-order valence-electron chi connectivity index (χ0n) is 44.2. The van der Waals surface area contributed by atoms with E-state index in [0.717, 1.165) is 5.57 Å². The minimum atomic E-state index is -2.50. The van der Waals surface area contributed by atoms with Crippen LogP contribution in [0.2, 0.25) is 0 Å². The number of hydrogen-bond donors (Lipinski definition) is 3. The Morgan fingerprint density at radius 2 is 1.62 bits per heavy atom. The summed E-state index contributed by atoms with van der Waals surface area (Å²) in [5.41, 5.74) is 1.23. The van der Waals surface area contributed by atoms with Gasteiger partial charge in [0.25, 0.3) is 11.7 Å². The maximum Gasteiger partial charge on any atom is 0.329 e. The lowest BCUT2D eigenvalue weighted by atomic mass is 9.78. The molecule has 4 aliphatic rings. The number of carbonyl (C=O) groups excluding carboxylic acids is 5. The van der Waals surface area contributed by atoms with Crippen LogP contribution in [-0.4, -0.2) is 145 Å². The van der Waals surface area contributed by atoms with Crippen LogP contribution in [0.15, 0.2) is 47.6 Å². The van der Waals surface area contributed by atoms with E-state index in [4.69, 9.17) is 31.2 Å². The number of fused-ring (bicyclic) bond motifs is 3. The molecule has 15 nitrogen and oxygen atoms in total. The van der Waals surface area contributed by atoms with Gasteiger partial charge in [0.1, 0.15) is 30.1 Å². The number of ketones is 3. The van der Waals surface area contributed by atoms with E-state index in [9.17, 15) is 39.3 Å². The molecule has 3 fully saturated rings. The number of amides is 1. The molecule has 0 aromatic rings. The number of hydrogen-bond acceptors (Lipinski definition) is 14. The molecular formula is C53H83NO14. The van der Waals surface area contributed by atoms with Crippen LogP contribution in [0.1, 0.15) is 128 Å². The highest BCUT2D eigenvalue weighted by Gasteiger charge is 2.53. The number of methoxy groups -OCH3 is 3. The summed E-state index contributed by atoms with van der Waals surface area (Å²) >= 11 is 0. The molecule has 3 heterocycles. The van der Waals surface area contributed by atoms with Crippen LogP contribution in [-0.2, 0) is 52.4 Å². The highest BCUT2D eigenvalue weighted by atomic mass is 16.6. The summed E-state index contributed by atoms with van der Waals surface area (Å²) in [6.07, 6.45) is 10.6. The zero-order valence-corrected chi connectivity index (χ0v) is 42.2. The van der Waals surface area contributed by atoms with Crippen molar-refractivity contribution in [3.05, 3.63) is 47.6 Å². The highest BCUT2D eigenvalue weighted by molar-refractivity contribution is 6.39. The number of allylic oxidation sites excluding steroid dienone is 6. The van der Waals surface area contributed by atoms with Gasteiger partial charge >= 0.3 is 5.97 Å². The molecule has 0 radical (unpaired) electrons. The number of Topliss-reactive ketones (excluding diaryl/α,β-unsaturated/α-hetero) is 3. The molecule has 0 unspecified atom stereocenters. The minimum Gasteiger partial charge on any atom is -0.460 e. The van der Waals surface area contributed by atoms with Gasteiger partial charge in [0.2, 0.25) is 5.79 Å². The molecule has 2 saturated heterocycles. The molecule has 0 spiro atoms. The molecule has 3 aliphatic heterocycles. The third-order valence-corrected chi connectivity index (χ3v) is 14.8. The summed E-state index contributed by atoms with van der Waals surface area (Å²) in [4.78, 5) is 72.2. The molecule has 384 valence electrons. The average Bonchev–Trinajstić information content (AvgIpc) is 3.32. The number of rotatable bonds is 9.